The van der Waals surface area contributed by atoms with Gasteiger partial charge in [-0.1, -0.05) is 54.6 Å². The van der Waals surface area contributed by atoms with Gasteiger partial charge in [0.2, 0.25) is 11.8 Å². The molecule has 2 aromatic carbocycles. The molecule has 1 aliphatic carbocycles. The monoisotopic (exact) mass is 600 g/mol. The number of nitrogens with one attached hydrogen (secondary N) is 3. The summed E-state index contributed by atoms with van der Waals surface area (Å²) in [5.41, 5.74) is 0.843. The molecule has 1 saturated heterocycles. The molecule has 2 aliphatic rings. The van der Waals surface area contributed by atoms with Crippen molar-refractivity contribution in [2.45, 2.75) is 36.7 Å². The Labute approximate surface area is 254 Å². The zero-order chi connectivity index (χ0) is 31.1. The van der Waals surface area contributed by atoms with E-state index in [4.69, 9.17) is 9.47 Å². The molecule has 3 amide bonds. The van der Waals surface area contributed by atoms with E-state index < -0.39 is 34.9 Å². The van der Waals surface area contributed by atoms with Crippen LogP contribution in [0.1, 0.15) is 52.2 Å². The number of hydrogen-bond donors (Lipinski definition) is 3. The normalized spacial score (nSPS) is 21.1. The highest BCUT2D eigenvalue weighted by molar-refractivity contribution is 5.95. The first kappa shape index (κ1) is 30.7. The number of rotatable bonds is 9. The van der Waals surface area contributed by atoms with E-state index in [-0.39, 0.29) is 43.4 Å². The molecule has 0 radical (unpaired) electrons. The molecule has 3 aromatic rings. The maximum absolute atomic E-state index is 14.0. The van der Waals surface area contributed by atoms with Crippen molar-refractivity contribution in [3.8, 4) is 0 Å². The molecular formula is C33H36N4O7. The summed E-state index contributed by atoms with van der Waals surface area (Å²) in [4.78, 5) is 68.5. The molecule has 3 atom stereocenters. The second-order valence-electron chi connectivity index (χ2n) is 10.9. The molecule has 1 aromatic heterocycles. The number of pyridine rings is 1. The summed E-state index contributed by atoms with van der Waals surface area (Å²) in [6, 6.07) is 20.1. The number of H-pyrrole nitrogens is 1. The minimum absolute atomic E-state index is 0.00582. The second kappa shape index (κ2) is 13.7. The van der Waals surface area contributed by atoms with Crippen LogP contribution in [0.2, 0.25) is 0 Å². The standard InChI is InChI=1S/C33H36N4O7/c1-43-28(38)14-17-35-32(42)33(22-8-3-2-4-9-22)15-13-25(24-10-5-6-12-27(24)33)31(41)37-18-19-44-23(21-37)20-36-30(40)26-11-7-16-34-29(26)39/h2-12,16,23,25H,13-15,17-21H2,1H3,(H,34,39)(H,35,42)(H,36,40). The first-order chi connectivity index (χ1) is 21.3. The lowest BCUT2D eigenvalue weighted by Crippen LogP contribution is -2.53. The maximum atomic E-state index is 14.0. The van der Waals surface area contributed by atoms with E-state index >= 15 is 0 Å². The van der Waals surface area contributed by atoms with Crippen molar-refractivity contribution in [1.82, 2.24) is 20.5 Å². The number of hydrogen-bond acceptors (Lipinski definition) is 7. The van der Waals surface area contributed by atoms with Gasteiger partial charge < -0.3 is 30.0 Å². The van der Waals surface area contributed by atoms with Crippen LogP contribution in [0.15, 0.2) is 77.7 Å². The van der Waals surface area contributed by atoms with Crippen molar-refractivity contribution in [3.05, 3.63) is 106 Å². The predicted molar refractivity (Wildman–Crippen MR) is 161 cm³/mol. The molecule has 0 saturated carbocycles. The molecule has 2 heterocycles. The van der Waals surface area contributed by atoms with Gasteiger partial charge in [-0.3, -0.25) is 24.0 Å². The van der Waals surface area contributed by atoms with E-state index in [1.165, 1.54) is 19.4 Å². The Hall–Kier alpha value is -4.77. The van der Waals surface area contributed by atoms with Crippen LogP contribution in [-0.2, 0) is 29.3 Å². The van der Waals surface area contributed by atoms with E-state index in [9.17, 15) is 24.0 Å². The Kier molecular flexibility index (Phi) is 9.54. The van der Waals surface area contributed by atoms with Crippen LogP contribution < -0.4 is 16.2 Å². The molecule has 0 bridgehead atoms. The highest BCUT2D eigenvalue weighted by Crippen LogP contribution is 2.47. The number of esters is 1. The molecule has 11 heteroatoms. The SMILES string of the molecule is COC(=O)CCNC(=O)C1(c2ccccc2)CCC(C(=O)N2CCOC(CNC(=O)c3ccc[nH]c3=O)C2)c2ccccc21. The first-order valence-corrected chi connectivity index (χ1v) is 14.7. The van der Waals surface area contributed by atoms with Gasteiger partial charge in [0, 0.05) is 32.4 Å². The Bertz CT molecular complexity index is 1570. The number of fused-ring (bicyclic) bond motifs is 1. The molecule has 230 valence electrons. The number of amides is 3. The van der Waals surface area contributed by atoms with E-state index in [1.54, 1.807) is 11.0 Å². The Balaban J connectivity index is 1.35. The van der Waals surface area contributed by atoms with E-state index in [0.29, 0.717) is 26.0 Å². The fraction of sp³-hybridized carbons (Fsp3) is 0.364. The summed E-state index contributed by atoms with van der Waals surface area (Å²) in [5, 5.41) is 5.68. The van der Waals surface area contributed by atoms with Crippen LogP contribution in [-0.4, -0.2) is 79.6 Å². The molecule has 44 heavy (non-hydrogen) atoms. The summed E-state index contributed by atoms with van der Waals surface area (Å²) < 4.78 is 10.6. The van der Waals surface area contributed by atoms with Crippen molar-refractivity contribution in [2.24, 2.45) is 0 Å². The number of methoxy groups -OCH3 is 1. The van der Waals surface area contributed by atoms with Gasteiger partial charge in [0.05, 0.1) is 37.6 Å². The van der Waals surface area contributed by atoms with Crippen LogP contribution in [0.25, 0.3) is 0 Å². The summed E-state index contributed by atoms with van der Waals surface area (Å²) in [5.74, 6) is -1.69. The summed E-state index contributed by atoms with van der Waals surface area (Å²) in [7, 11) is 1.31. The van der Waals surface area contributed by atoms with Crippen molar-refractivity contribution in [3.63, 3.8) is 0 Å². The quantitative estimate of drug-likeness (QED) is 0.318. The smallest absolute Gasteiger partial charge is 0.307 e. The number of aromatic amines is 1. The summed E-state index contributed by atoms with van der Waals surface area (Å²) in [6.07, 6.45) is 1.89. The third-order valence-electron chi connectivity index (χ3n) is 8.40. The van der Waals surface area contributed by atoms with E-state index in [0.717, 1.165) is 16.7 Å². The zero-order valence-electron chi connectivity index (χ0n) is 24.5. The van der Waals surface area contributed by atoms with Gasteiger partial charge in [0.1, 0.15) is 5.56 Å². The van der Waals surface area contributed by atoms with Crippen molar-refractivity contribution in [1.29, 1.82) is 0 Å². The van der Waals surface area contributed by atoms with Crippen molar-refractivity contribution >= 4 is 23.7 Å². The van der Waals surface area contributed by atoms with Gasteiger partial charge in [-0.15, -0.1) is 0 Å². The van der Waals surface area contributed by atoms with Gasteiger partial charge >= 0.3 is 5.97 Å². The molecule has 11 nitrogen and oxygen atoms in total. The lowest BCUT2D eigenvalue weighted by molar-refractivity contribution is -0.142. The fourth-order valence-electron chi connectivity index (χ4n) is 6.18. The van der Waals surface area contributed by atoms with Crippen LogP contribution in [0.3, 0.4) is 0 Å². The average molecular weight is 601 g/mol. The minimum Gasteiger partial charge on any atom is -0.469 e. The molecule has 0 spiro atoms. The molecular weight excluding hydrogens is 564 g/mol. The van der Waals surface area contributed by atoms with Crippen LogP contribution in [0, 0.1) is 0 Å². The summed E-state index contributed by atoms with van der Waals surface area (Å²) in [6.45, 7) is 1.26. The van der Waals surface area contributed by atoms with Crippen molar-refractivity contribution in [2.75, 3.05) is 39.9 Å². The number of morpholine rings is 1. The lowest BCUT2D eigenvalue weighted by atomic mass is 9.62. The third kappa shape index (κ3) is 6.28. The predicted octanol–water partition coefficient (Wildman–Crippen LogP) is 1.88. The third-order valence-corrected chi connectivity index (χ3v) is 8.40. The topological polar surface area (TPSA) is 147 Å². The number of benzene rings is 2. The highest BCUT2D eigenvalue weighted by atomic mass is 16.5. The maximum Gasteiger partial charge on any atom is 0.307 e. The van der Waals surface area contributed by atoms with Gasteiger partial charge in [-0.25, -0.2) is 0 Å². The van der Waals surface area contributed by atoms with Crippen LogP contribution in [0.5, 0.6) is 0 Å². The molecule has 5 rings (SSSR count). The van der Waals surface area contributed by atoms with Crippen LogP contribution in [0.4, 0.5) is 0 Å². The number of ether oxygens (including phenoxy) is 2. The van der Waals surface area contributed by atoms with Crippen molar-refractivity contribution < 1.29 is 28.7 Å². The molecule has 3 N–H and O–H groups in total. The number of carbonyl (C=O) groups is 4. The van der Waals surface area contributed by atoms with Crippen LogP contribution >= 0.6 is 0 Å². The number of aromatic nitrogens is 1. The largest absolute Gasteiger partial charge is 0.469 e. The molecule has 1 aliphatic heterocycles. The fourth-order valence-corrected chi connectivity index (χ4v) is 6.18. The lowest BCUT2D eigenvalue weighted by Gasteiger charge is -2.43. The number of nitrogens with zero attached hydrogens (tertiary/aromatic N) is 1. The Morgan fingerprint density at radius 1 is 1.02 bits per heavy atom. The first-order valence-electron chi connectivity index (χ1n) is 14.7. The van der Waals surface area contributed by atoms with Gasteiger partial charge in [-0.05, 0) is 41.7 Å². The highest BCUT2D eigenvalue weighted by Gasteiger charge is 2.48. The van der Waals surface area contributed by atoms with E-state index in [2.05, 4.69) is 15.6 Å². The van der Waals surface area contributed by atoms with Gasteiger partial charge in [0.25, 0.3) is 11.5 Å². The zero-order valence-corrected chi connectivity index (χ0v) is 24.5. The molecule has 3 unspecified atom stereocenters. The Morgan fingerprint density at radius 3 is 2.57 bits per heavy atom. The minimum atomic E-state index is -1.04. The van der Waals surface area contributed by atoms with Gasteiger partial charge in [0.15, 0.2) is 0 Å². The van der Waals surface area contributed by atoms with Gasteiger partial charge in [-0.2, -0.15) is 0 Å². The number of carbonyl (C=O) groups excluding carboxylic acids is 4. The van der Waals surface area contributed by atoms with E-state index in [1.807, 2.05) is 54.6 Å². The Morgan fingerprint density at radius 2 is 1.80 bits per heavy atom. The average Bonchev–Trinajstić information content (AvgIpc) is 3.07. The molecule has 1 fully saturated rings. The summed E-state index contributed by atoms with van der Waals surface area (Å²) >= 11 is 0. The second-order valence-corrected chi connectivity index (χ2v) is 10.9.